The Hall–Kier alpha value is -2.18. The van der Waals surface area contributed by atoms with E-state index in [-0.39, 0.29) is 6.10 Å². The Morgan fingerprint density at radius 1 is 1.15 bits per heavy atom. The van der Waals surface area contributed by atoms with Crippen molar-refractivity contribution in [2.24, 2.45) is 0 Å². The lowest BCUT2D eigenvalue weighted by Crippen LogP contribution is -2.34. The van der Waals surface area contributed by atoms with E-state index in [1.807, 2.05) is 65.4 Å². The highest BCUT2D eigenvalue weighted by Crippen LogP contribution is 2.36. The van der Waals surface area contributed by atoms with Crippen LogP contribution in [0.25, 0.3) is 0 Å². The molecular weight excluding hydrogens is 364 g/mol. The van der Waals surface area contributed by atoms with Crippen LogP contribution in [-0.2, 0) is 33.1 Å². The van der Waals surface area contributed by atoms with Crippen molar-refractivity contribution < 1.29 is 14.2 Å². The Bertz CT molecular complexity index is 838. The van der Waals surface area contributed by atoms with E-state index in [2.05, 4.69) is 4.98 Å². The number of halogens is 1. The summed E-state index contributed by atoms with van der Waals surface area (Å²) in [5, 5.41) is 0.678. The normalized spacial score (nSPS) is 22.2. The van der Waals surface area contributed by atoms with Gasteiger partial charge in [-0.1, -0.05) is 54.1 Å². The van der Waals surface area contributed by atoms with Gasteiger partial charge in [-0.3, -0.25) is 0 Å². The molecule has 0 amide bonds. The standard InChI is InChI=1S/C21H21ClN2O3/c22-19-8-6-18(7-9-19)21(15-24-11-10-23-16-24)26-14-20(27-21)13-25-12-17-4-2-1-3-5-17/h1-11,16,20H,12-15H2/t20-,21-/m0/s1. The van der Waals surface area contributed by atoms with Gasteiger partial charge in [-0.15, -0.1) is 0 Å². The Balaban J connectivity index is 1.44. The van der Waals surface area contributed by atoms with Crippen molar-refractivity contribution in [3.63, 3.8) is 0 Å². The van der Waals surface area contributed by atoms with Gasteiger partial charge in [0.15, 0.2) is 0 Å². The van der Waals surface area contributed by atoms with Crippen molar-refractivity contribution in [1.29, 1.82) is 0 Å². The highest BCUT2D eigenvalue weighted by molar-refractivity contribution is 6.30. The quantitative estimate of drug-likeness (QED) is 0.617. The molecule has 1 aliphatic rings. The van der Waals surface area contributed by atoms with Crippen molar-refractivity contribution >= 4 is 11.6 Å². The molecule has 6 heteroatoms. The summed E-state index contributed by atoms with van der Waals surface area (Å²) in [7, 11) is 0. The average Bonchev–Trinajstić information content (AvgIpc) is 3.34. The van der Waals surface area contributed by atoms with Gasteiger partial charge in [-0.05, 0) is 17.7 Å². The second-order valence-corrected chi connectivity index (χ2v) is 6.98. The maximum atomic E-state index is 6.35. The first kappa shape index (κ1) is 18.2. The fourth-order valence-corrected chi connectivity index (χ4v) is 3.31. The fraction of sp³-hybridized carbons (Fsp3) is 0.286. The lowest BCUT2D eigenvalue weighted by Gasteiger charge is -2.29. The van der Waals surface area contributed by atoms with Crippen LogP contribution in [0.2, 0.25) is 5.02 Å². The van der Waals surface area contributed by atoms with Gasteiger partial charge in [0, 0.05) is 23.0 Å². The first-order valence-corrected chi connectivity index (χ1v) is 9.26. The van der Waals surface area contributed by atoms with Gasteiger partial charge in [0.05, 0.1) is 32.7 Å². The van der Waals surface area contributed by atoms with Crippen LogP contribution in [0.15, 0.2) is 73.3 Å². The highest BCUT2D eigenvalue weighted by Gasteiger charge is 2.43. The number of benzene rings is 2. The van der Waals surface area contributed by atoms with Crippen LogP contribution >= 0.6 is 11.6 Å². The zero-order valence-corrected chi connectivity index (χ0v) is 15.6. The van der Waals surface area contributed by atoms with E-state index in [0.29, 0.717) is 31.4 Å². The molecule has 1 fully saturated rings. The number of hydrogen-bond acceptors (Lipinski definition) is 4. The maximum Gasteiger partial charge on any atom is 0.214 e. The van der Waals surface area contributed by atoms with Crippen molar-refractivity contribution in [3.8, 4) is 0 Å². The molecule has 27 heavy (non-hydrogen) atoms. The molecule has 5 nitrogen and oxygen atoms in total. The van der Waals surface area contributed by atoms with Gasteiger partial charge >= 0.3 is 0 Å². The minimum atomic E-state index is -0.883. The summed E-state index contributed by atoms with van der Waals surface area (Å²) in [5.41, 5.74) is 2.06. The molecular formula is C21H21ClN2O3. The van der Waals surface area contributed by atoms with Crippen LogP contribution in [0.4, 0.5) is 0 Å². The topological polar surface area (TPSA) is 45.5 Å². The summed E-state index contributed by atoms with van der Waals surface area (Å²) in [4.78, 5) is 4.11. The molecule has 0 saturated carbocycles. The second-order valence-electron chi connectivity index (χ2n) is 6.55. The Labute approximate surface area is 163 Å². The molecule has 2 heterocycles. The van der Waals surface area contributed by atoms with Gasteiger partial charge in [-0.2, -0.15) is 0 Å². The van der Waals surface area contributed by atoms with Gasteiger partial charge in [-0.25, -0.2) is 4.98 Å². The van der Waals surface area contributed by atoms with E-state index < -0.39 is 5.79 Å². The van der Waals surface area contributed by atoms with Gasteiger partial charge in [0.25, 0.3) is 0 Å². The SMILES string of the molecule is Clc1ccc([C@@]2(Cn3ccnc3)OC[C@H](COCc3ccccc3)O2)cc1. The number of aromatic nitrogens is 2. The molecule has 1 aliphatic heterocycles. The fourth-order valence-electron chi connectivity index (χ4n) is 3.18. The minimum absolute atomic E-state index is 0.145. The molecule has 0 N–H and O–H groups in total. The van der Waals surface area contributed by atoms with Crippen LogP contribution in [0.5, 0.6) is 0 Å². The summed E-state index contributed by atoms with van der Waals surface area (Å²) in [5.74, 6) is -0.883. The zero-order chi connectivity index (χ0) is 18.5. The molecule has 0 spiro atoms. The number of nitrogens with zero attached hydrogens (tertiary/aromatic N) is 2. The minimum Gasteiger partial charge on any atom is -0.374 e. The smallest absolute Gasteiger partial charge is 0.214 e. The largest absolute Gasteiger partial charge is 0.374 e. The van der Waals surface area contributed by atoms with Gasteiger partial charge in [0.2, 0.25) is 5.79 Å². The molecule has 0 unspecified atom stereocenters. The van der Waals surface area contributed by atoms with E-state index in [1.165, 1.54) is 0 Å². The number of rotatable bonds is 7. The first-order valence-electron chi connectivity index (χ1n) is 8.89. The highest BCUT2D eigenvalue weighted by atomic mass is 35.5. The van der Waals surface area contributed by atoms with Crippen molar-refractivity contribution in [2.45, 2.75) is 25.0 Å². The lowest BCUT2D eigenvalue weighted by atomic mass is 10.1. The molecule has 3 aromatic rings. The molecule has 1 aromatic heterocycles. The monoisotopic (exact) mass is 384 g/mol. The van der Waals surface area contributed by atoms with Gasteiger partial charge in [0.1, 0.15) is 6.10 Å². The van der Waals surface area contributed by atoms with Crippen molar-refractivity contribution in [2.75, 3.05) is 13.2 Å². The van der Waals surface area contributed by atoms with Crippen molar-refractivity contribution in [3.05, 3.63) is 89.5 Å². The summed E-state index contributed by atoms with van der Waals surface area (Å²) in [6.45, 7) is 1.99. The number of imidazole rings is 1. The third-order valence-electron chi connectivity index (χ3n) is 4.51. The summed E-state index contributed by atoms with van der Waals surface area (Å²) >= 11 is 6.05. The van der Waals surface area contributed by atoms with Gasteiger partial charge < -0.3 is 18.8 Å². The summed E-state index contributed by atoms with van der Waals surface area (Å²) in [6.07, 6.45) is 5.24. The zero-order valence-electron chi connectivity index (χ0n) is 14.8. The Kier molecular flexibility index (Phi) is 5.55. The summed E-state index contributed by atoms with van der Waals surface area (Å²) in [6, 6.07) is 17.7. The molecule has 0 bridgehead atoms. The predicted octanol–water partition coefficient (Wildman–Crippen LogP) is 4.02. The molecule has 0 aliphatic carbocycles. The third kappa shape index (κ3) is 4.39. The molecule has 2 aromatic carbocycles. The van der Waals surface area contributed by atoms with Crippen molar-refractivity contribution in [1.82, 2.24) is 9.55 Å². The summed E-state index contributed by atoms with van der Waals surface area (Å²) < 4.78 is 20.3. The first-order chi connectivity index (χ1) is 13.2. The predicted molar refractivity (Wildman–Crippen MR) is 102 cm³/mol. The van der Waals surface area contributed by atoms with Crippen LogP contribution < -0.4 is 0 Å². The third-order valence-corrected chi connectivity index (χ3v) is 4.76. The van der Waals surface area contributed by atoms with E-state index in [4.69, 9.17) is 25.8 Å². The van der Waals surface area contributed by atoms with E-state index in [1.54, 1.807) is 12.5 Å². The van der Waals surface area contributed by atoms with E-state index in [9.17, 15) is 0 Å². The molecule has 2 atom stereocenters. The van der Waals surface area contributed by atoms with E-state index in [0.717, 1.165) is 11.1 Å². The maximum absolute atomic E-state index is 6.35. The lowest BCUT2D eigenvalue weighted by molar-refractivity contribution is -0.191. The molecule has 1 saturated heterocycles. The average molecular weight is 385 g/mol. The number of ether oxygens (including phenoxy) is 3. The van der Waals surface area contributed by atoms with Crippen LogP contribution in [-0.4, -0.2) is 28.9 Å². The second kappa shape index (κ2) is 8.23. The number of hydrogen-bond donors (Lipinski definition) is 0. The Morgan fingerprint density at radius 3 is 2.70 bits per heavy atom. The van der Waals surface area contributed by atoms with E-state index >= 15 is 0 Å². The molecule has 140 valence electrons. The van der Waals surface area contributed by atoms with Crippen LogP contribution in [0.1, 0.15) is 11.1 Å². The molecule has 4 rings (SSSR count). The van der Waals surface area contributed by atoms with Crippen LogP contribution in [0, 0.1) is 0 Å². The molecule has 0 radical (unpaired) electrons. The Morgan fingerprint density at radius 2 is 1.96 bits per heavy atom. The van der Waals surface area contributed by atoms with Crippen LogP contribution in [0.3, 0.4) is 0 Å².